The molecule has 0 aromatic rings. The minimum atomic E-state index is 0.139. The van der Waals surface area contributed by atoms with Gasteiger partial charge in [0.1, 0.15) is 0 Å². The van der Waals surface area contributed by atoms with Crippen LogP contribution < -0.4 is 5.73 Å². The van der Waals surface area contributed by atoms with E-state index in [1.807, 2.05) is 0 Å². The van der Waals surface area contributed by atoms with Gasteiger partial charge in [0, 0.05) is 12.3 Å². The van der Waals surface area contributed by atoms with E-state index in [4.69, 9.17) is 11.1 Å². The molecule has 2 heteroatoms. The Balaban J connectivity index is 2.85. The van der Waals surface area contributed by atoms with Gasteiger partial charge in [-0.2, -0.15) is 0 Å². The van der Waals surface area contributed by atoms with Crippen molar-refractivity contribution in [2.75, 3.05) is 6.54 Å². The predicted octanol–water partition coefficient (Wildman–Crippen LogP) is 0.309. The fourth-order valence-corrected chi connectivity index (χ4v) is 0. The second-order valence-corrected chi connectivity index (χ2v) is 0.957. The van der Waals surface area contributed by atoms with Crippen molar-refractivity contribution < 1.29 is 0 Å². The maximum Gasteiger partial charge on any atom is 0.0475 e. The third kappa shape index (κ3) is 3.63. The van der Waals surface area contributed by atoms with Crippen LogP contribution in [-0.4, -0.2) is 12.3 Å². The summed E-state index contributed by atoms with van der Waals surface area (Å²) in [5.41, 5.74) is 6.85. The molecule has 0 heterocycles. The third-order valence-electron chi connectivity index (χ3n) is 0.265. The van der Waals surface area contributed by atoms with Gasteiger partial charge in [0.2, 0.25) is 0 Å². The SMILES string of the molecule is CC(=N)C[NH]. The molecule has 0 fully saturated rings. The Kier molecular flexibility index (Phi) is 1.76. The highest BCUT2D eigenvalue weighted by Gasteiger charge is 1.71. The van der Waals surface area contributed by atoms with E-state index in [9.17, 15) is 0 Å². The molecule has 0 aliphatic rings. The normalized spacial score (nSPS) is 7.60. The molecule has 0 aliphatic carbocycles. The molecule has 0 aromatic heterocycles. The highest BCUT2D eigenvalue weighted by Crippen LogP contribution is 1.56. The van der Waals surface area contributed by atoms with Crippen LogP contribution in [0.3, 0.4) is 0 Å². The first kappa shape index (κ1) is 4.63. The zero-order valence-corrected chi connectivity index (χ0v) is 3.21. The second kappa shape index (κ2) is 1.91. The molecule has 0 aliphatic heterocycles. The highest BCUT2D eigenvalue weighted by atomic mass is 14.6. The smallest absolute Gasteiger partial charge is 0.0475 e. The summed E-state index contributed by atoms with van der Waals surface area (Å²) in [6.45, 7) is 1.76. The Morgan fingerprint density at radius 1 is 1.80 bits per heavy atom. The molecule has 1 radical (unpaired) electrons. The summed E-state index contributed by atoms with van der Waals surface area (Å²) in [6.07, 6.45) is 0. The van der Waals surface area contributed by atoms with Gasteiger partial charge in [0.25, 0.3) is 0 Å². The lowest BCUT2D eigenvalue weighted by molar-refractivity contribution is 1.21. The van der Waals surface area contributed by atoms with E-state index in [0.717, 1.165) is 0 Å². The predicted molar refractivity (Wildman–Crippen MR) is 21.4 cm³/mol. The quantitative estimate of drug-likeness (QED) is 0.432. The highest BCUT2D eigenvalue weighted by molar-refractivity contribution is 5.80. The molecule has 0 bridgehead atoms. The number of nitrogens with one attached hydrogen (secondary N) is 2. The summed E-state index contributed by atoms with van der Waals surface area (Å²) < 4.78 is 0. The summed E-state index contributed by atoms with van der Waals surface area (Å²) in [5.74, 6) is 0. The van der Waals surface area contributed by atoms with Crippen molar-refractivity contribution in [3.8, 4) is 0 Å². The topological polar surface area (TPSA) is 47.7 Å². The summed E-state index contributed by atoms with van der Waals surface area (Å²) in [5, 5.41) is 6.56. The van der Waals surface area contributed by atoms with E-state index in [0.29, 0.717) is 5.71 Å². The van der Waals surface area contributed by atoms with Crippen LogP contribution in [0.15, 0.2) is 0 Å². The van der Waals surface area contributed by atoms with Gasteiger partial charge in [-0.05, 0) is 6.92 Å². The molecule has 0 spiro atoms. The molecule has 5 heavy (non-hydrogen) atoms. The van der Waals surface area contributed by atoms with E-state index in [1.165, 1.54) is 0 Å². The van der Waals surface area contributed by atoms with Gasteiger partial charge in [0.15, 0.2) is 0 Å². The van der Waals surface area contributed by atoms with E-state index >= 15 is 0 Å². The number of hydrogen-bond acceptors (Lipinski definition) is 1. The Morgan fingerprint density at radius 2 is 2.00 bits per heavy atom. The molecule has 29 valence electrons. The van der Waals surface area contributed by atoms with Crippen LogP contribution in [0, 0.1) is 5.41 Å². The largest absolute Gasteiger partial charge is 0.309 e. The minimum Gasteiger partial charge on any atom is -0.309 e. The first-order valence-electron chi connectivity index (χ1n) is 1.46. The van der Waals surface area contributed by atoms with Crippen LogP contribution in [-0.2, 0) is 0 Å². The van der Waals surface area contributed by atoms with Crippen LogP contribution in [0.4, 0.5) is 0 Å². The monoisotopic (exact) mass is 71.1 g/mol. The van der Waals surface area contributed by atoms with E-state index in [2.05, 4.69) is 0 Å². The lowest BCUT2D eigenvalue weighted by Crippen LogP contribution is -1.95. The van der Waals surface area contributed by atoms with Crippen LogP contribution in [0.25, 0.3) is 0 Å². The van der Waals surface area contributed by atoms with Crippen LogP contribution >= 0.6 is 0 Å². The first-order chi connectivity index (χ1) is 2.27. The van der Waals surface area contributed by atoms with Gasteiger partial charge in [-0.3, -0.25) is 5.73 Å². The summed E-state index contributed by atoms with van der Waals surface area (Å²) >= 11 is 0. The molecule has 0 unspecified atom stereocenters. The molecule has 0 saturated heterocycles. The van der Waals surface area contributed by atoms with Gasteiger partial charge in [-0.25, -0.2) is 0 Å². The minimum absolute atomic E-state index is 0.139. The van der Waals surface area contributed by atoms with Gasteiger partial charge in [-0.15, -0.1) is 0 Å². The summed E-state index contributed by atoms with van der Waals surface area (Å²) in [7, 11) is 0. The molecule has 0 atom stereocenters. The van der Waals surface area contributed by atoms with E-state index in [1.54, 1.807) is 6.92 Å². The Bertz CT molecular complexity index is 40.2. The van der Waals surface area contributed by atoms with Crippen molar-refractivity contribution in [1.29, 1.82) is 5.41 Å². The van der Waals surface area contributed by atoms with Gasteiger partial charge >= 0.3 is 0 Å². The average molecular weight is 71.1 g/mol. The lowest BCUT2D eigenvalue weighted by atomic mass is 10.5. The van der Waals surface area contributed by atoms with Gasteiger partial charge in [0.05, 0.1) is 0 Å². The van der Waals surface area contributed by atoms with Crippen molar-refractivity contribution in [2.45, 2.75) is 6.92 Å². The molecular weight excluding hydrogens is 64.0 g/mol. The fourth-order valence-electron chi connectivity index (χ4n) is 0. The van der Waals surface area contributed by atoms with E-state index in [-0.39, 0.29) is 6.54 Å². The average Bonchev–Trinajstić information content (AvgIpc) is 1.38. The molecule has 2 nitrogen and oxygen atoms in total. The Hall–Kier alpha value is -0.370. The lowest BCUT2D eigenvalue weighted by Gasteiger charge is -1.76. The first-order valence-corrected chi connectivity index (χ1v) is 1.46. The number of hydrogen-bond donors (Lipinski definition) is 1. The fraction of sp³-hybridized carbons (Fsp3) is 0.667. The standard InChI is InChI=1S/C3H7N2/c1-3(5)2-4/h4-5H,2H2,1H3. The Labute approximate surface area is 31.5 Å². The maximum absolute atomic E-state index is 6.56. The third-order valence-corrected chi connectivity index (χ3v) is 0.265. The number of rotatable bonds is 1. The van der Waals surface area contributed by atoms with E-state index < -0.39 is 0 Å². The zero-order valence-electron chi connectivity index (χ0n) is 3.21. The molecule has 0 rings (SSSR count). The summed E-state index contributed by atoms with van der Waals surface area (Å²) in [4.78, 5) is 0. The molecule has 2 N–H and O–H groups in total. The summed E-state index contributed by atoms with van der Waals surface area (Å²) in [6, 6.07) is 0. The van der Waals surface area contributed by atoms with Crippen molar-refractivity contribution >= 4 is 5.71 Å². The van der Waals surface area contributed by atoms with Crippen molar-refractivity contribution in [3.63, 3.8) is 0 Å². The van der Waals surface area contributed by atoms with Gasteiger partial charge in [-0.1, -0.05) is 0 Å². The molecule has 0 amide bonds. The molecule has 0 aromatic carbocycles. The van der Waals surface area contributed by atoms with Crippen molar-refractivity contribution in [2.24, 2.45) is 0 Å². The van der Waals surface area contributed by atoms with Crippen molar-refractivity contribution in [1.82, 2.24) is 5.73 Å². The second-order valence-electron chi connectivity index (χ2n) is 0.957. The molecular formula is C3H7N2. The molecule has 0 saturated carbocycles. The maximum atomic E-state index is 6.56. The van der Waals surface area contributed by atoms with Gasteiger partial charge < -0.3 is 5.41 Å². The van der Waals surface area contributed by atoms with Crippen LogP contribution in [0.1, 0.15) is 6.92 Å². The van der Waals surface area contributed by atoms with Crippen LogP contribution in [0.2, 0.25) is 0 Å². The zero-order chi connectivity index (χ0) is 4.28. The Morgan fingerprint density at radius 3 is 2.00 bits per heavy atom. The van der Waals surface area contributed by atoms with Crippen LogP contribution in [0.5, 0.6) is 0 Å². The van der Waals surface area contributed by atoms with Crippen molar-refractivity contribution in [3.05, 3.63) is 0 Å².